The monoisotopic (exact) mass is 321 g/mol. The van der Waals surface area contributed by atoms with Crippen LogP contribution in [0.1, 0.15) is 24.2 Å². The fraction of sp³-hybridized carbons (Fsp3) is 0.267. The SMILES string of the molecule is COc1nc2sccn2c1CN[C@H](C)c1cccc(Cl)c1. The lowest BCUT2D eigenvalue weighted by Crippen LogP contribution is -2.19. The van der Waals surface area contributed by atoms with Crippen LogP contribution in [0.3, 0.4) is 0 Å². The number of ether oxygens (including phenoxy) is 1. The summed E-state index contributed by atoms with van der Waals surface area (Å²) in [5.74, 6) is 0.674. The van der Waals surface area contributed by atoms with Crippen molar-refractivity contribution in [2.24, 2.45) is 0 Å². The Hall–Kier alpha value is -1.56. The summed E-state index contributed by atoms with van der Waals surface area (Å²) in [6, 6.07) is 8.08. The normalized spacial score (nSPS) is 12.7. The number of rotatable bonds is 5. The zero-order valence-corrected chi connectivity index (χ0v) is 13.4. The van der Waals surface area contributed by atoms with Gasteiger partial charge in [0.25, 0.3) is 0 Å². The molecule has 6 heteroatoms. The first-order valence-electron chi connectivity index (χ1n) is 6.66. The summed E-state index contributed by atoms with van der Waals surface area (Å²) in [7, 11) is 1.65. The zero-order chi connectivity index (χ0) is 14.8. The molecule has 2 aromatic heterocycles. The predicted molar refractivity (Wildman–Crippen MR) is 86.3 cm³/mol. The van der Waals surface area contributed by atoms with E-state index in [0.717, 1.165) is 21.2 Å². The molecule has 3 rings (SSSR count). The third-order valence-corrected chi connectivity index (χ3v) is 4.43. The van der Waals surface area contributed by atoms with Crippen molar-refractivity contribution in [1.29, 1.82) is 0 Å². The molecule has 4 nitrogen and oxygen atoms in total. The van der Waals surface area contributed by atoms with Crippen LogP contribution in [0.15, 0.2) is 35.8 Å². The number of aromatic nitrogens is 2. The summed E-state index contributed by atoms with van der Waals surface area (Å²) in [6.07, 6.45) is 2.01. The van der Waals surface area contributed by atoms with Crippen molar-refractivity contribution in [2.75, 3.05) is 7.11 Å². The van der Waals surface area contributed by atoms with Crippen LogP contribution in [0.25, 0.3) is 4.96 Å². The molecule has 0 fully saturated rings. The van der Waals surface area contributed by atoms with E-state index in [0.29, 0.717) is 12.4 Å². The average molecular weight is 322 g/mol. The van der Waals surface area contributed by atoms with E-state index >= 15 is 0 Å². The van der Waals surface area contributed by atoms with Crippen molar-refractivity contribution in [3.63, 3.8) is 0 Å². The lowest BCUT2D eigenvalue weighted by molar-refractivity contribution is 0.391. The summed E-state index contributed by atoms with van der Waals surface area (Å²) >= 11 is 7.64. The molecule has 0 saturated carbocycles. The molecule has 3 aromatic rings. The van der Waals surface area contributed by atoms with Gasteiger partial charge in [0.2, 0.25) is 5.88 Å². The van der Waals surface area contributed by atoms with E-state index < -0.39 is 0 Å². The second-order valence-electron chi connectivity index (χ2n) is 4.78. The number of hydrogen-bond donors (Lipinski definition) is 1. The van der Waals surface area contributed by atoms with Crippen LogP contribution in [0, 0.1) is 0 Å². The zero-order valence-electron chi connectivity index (χ0n) is 11.8. The molecule has 0 spiro atoms. The number of hydrogen-bond acceptors (Lipinski definition) is 4. The van der Waals surface area contributed by atoms with Crippen molar-refractivity contribution in [1.82, 2.24) is 14.7 Å². The van der Waals surface area contributed by atoms with Crippen LogP contribution >= 0.6 is 22.9 Å². The maximum atomic E-state index is 6.04. The number of nitrogens with zero attached hydrogens (tertiary/aromatic N) is 2. The number of imidazole rings is 1. The van der Waals surface area contributed by atoms with Gasteiger partial charge in [0.15, 0.2) is 4.96 Å². The Morgan fingerprint density at radius 1 is 1.48 bits per heavy atom. The maximum Gasteiger partial charge on any atom is 0.237 e. The molecule has 1 N–H and O–H groups in total. The van der Waals surface area contributed by atoms with Crippen molar-refractivity contribution < 1.29 is 4.74 Å². The smallest absolute Gasteiger partial charge is 0.237 e. The second kappa shape index (κ2) is 6.05. The molecule has 0 amide bonds. The van der Waals surface area contributed by atoms with E-state index in [4.69, 9.17) is 16.3 Å². The van der Waals surface area contributed by atoms with Gasteiger partial charge in [-0.3, -0.25) is 4.40 Å². The maximum absolute atomic E-state index is 6.04. The Labute approximate surface area is 132 Å². The fourth-order valence-corrected chi connectivity index (χ4v) is 3.20. The third-order valence-electron chi connectivity index (χ3n) is 3.44. The van der Waals surface area contributed by atoms with E-state index in [1.807, 2.05) is 29.8 Å². The molecular formula is C15H16ClN3OS. The third kappa shape index (κ3) is 2.90. The number of halogens is 1. The van der Waals surface area contributed by atoms with Crippen molar-refractivity contribution in [3.05, 3.63) is 52.1 Å². The van der Waals surface area contributed by atoms with Gasteiger partial charge in [-0.1, -0.05) is 23.7 Å². The summed E-state index contributed by atoms with van der Waals surface area (Å²) < 4.78 is 7.42. The summed E-state index contributed by atoms with van der Waals surface area (Å²) in [4.78, 5) is 5.40. The lowest BCUT2D eigenvalue weighted by Gasteiger charge is -2.14. The molecule has 0 aliphatic carbocycles. The molecular weight excluding hydrogens is 306 g/mol. The van der Waals surface area contributed by atoms with Gasteiger partial charge in [-0.25, -0.2) is 0 Å². The van der Waals surface area contributed by atoms with Gasteiger partial charge in [-0.05, 0) is 24.6 Å². The first-order valence-corrected chi connectivity index (χ1v) is 7.92. The van der Waals surface area contributed by atoms with Gasteiger partial charge in [0, 0.05) is 29.2 Å². The summed E-state index contributed by atoms with van der Waals surface area (Å²) in [5, 5.41) is 6.26. The minimum absolute atomic E-state index is 0.192. The van der Waals surface area contributed by atoms with Crippen LogP contribution in [0.4, 0.5) is 0 Å². The quantitative estimate of drug-likeness (QED) is 0.774. The highest BCUT2D eigenvalue weighted by atomic mass is 35.5. The van der Waals surface area contributed by atoms with E-state index in [1.165, 1.54) is 0 Å². The van der Waals surface area contributed by atoms with E-state index in [1.54, 1.807) is 18.4 Å². The fourth-order valence-electron chi connectivity index (χ4n) is 2.28. The number of thiazole rings is 1. The van der Waals surface area contributed by atoms with Crippen molar-refractivity contribution >= 4 is 27.9 Å². The van der Waals surface area contributed by atoms with Crippen molar-refractivity contribution in [3.8, 4) is 5.88 Å². The number of methoxy groups -OCH3 is 1. The summed E-state index contributed by atoms with van der Waals surface area (Å²) in [6.45, 7) is 2.79. The average Bonchev–Trinajstić information content (AvgIpc) is 3.05. The molecule has 110 valence electrons. The molecule has 0 saturated heterocycles. The van der Waals surface area contributed by atoms with Crippen LogP contribution in [-0.4, -0.2) is 16.5 Å². The van der Waals surface area contributed by atoms with E-state index in [9.17, 15) is 0 Å². The first kappa shape index (κ1) is 14.4. The van der Waals surface area contributed by atoms with Gasteiger partial charge in [0.1, 0.15) is 5.69 Å². The van der Waals surface area contributed by atoms with Gasteiger partial charge in [-0.2, -0.15) is 4.98 Å². The molecule has 0 aliphatic heterocycles. The highest BCUT2D eigenvalue weighted by Crippen LogP contribution is 2.24. The van der Waals surface area contributed by atoms with Gasteiger partial charge in [0.05, 0.1) is 7.11 Å². The van der Waals surface area contributed by atoms with Crippen molar-refractivity contribution in [2.45, 2.75) is 19.5 Å². The second-order valence-corrected chi connectivity index (χ2v) is 6.09. The molecule has 0 radical (unpaired) electrons. The van der Waals surface area contributed by atoms with Crippen LogP contribution in [0.5, 0.6) is 5.88 Å². The minimum Gasteiger partial charge on any atom is -0.480 e. The standard InChI is InChI=1S/C15H16ClN3OS/c1-10(11-4-3-5-12(16)8-11)17-9-13-14(20-2)18-15-19(13)6-7-21-15/h3-8,10,17H,9H2,1-2H3/t10-/m1/s1. The molecule has 0 bridgehead atoms. The van der Waals surface area contributed by atoms with Crippen LogP contribution < -0.4 is 10.1 Å². The Morgan fingerprint density at radius 3 is 3.10 bits per heavy atom. The highest BCUT2D eigenvalue weighted by molar-refractivity contribution is 7.15. The lowest BCUT2D eigenvalue weighted by atomic mass is 10.1. The Morgan fingerprint density at radius 2 is 2.33 bits per heavy atom. The van der Waals surface area contributed by atoms with Crippen LogP contribution in [-0.2, 0) is 6.54 Å². The van der Waals surface area contributed by atoms with Gasteiger partial charge in [-0.15, -0.1) is 11.3 Å². The largest absolute Gasteiger partial charge is 0.480 e. The van der Waals surface area contributed by atoms with Gasteiger partial charge < -0.3 is 10.1 Å². The number of benzene rings is 1. The molecule has 0 unspecified atom stereocenters. The molecule has 0 aliphatic rings. The van der Waals surface area contributed by atoms with E-state index in [2.05, 4.69) is 27.7 Å². The molecule has 2 heterocycles. The summed E-state index contributed by atoms with van der Waals surface area (Å²) in [5.41, 5.74) is 2.19. The van der Waals surface area contributed by atoms with Gasteiger partial charge >= 0.3 is 0 Å². The highest BCUT2D eigenvalue weighted by Gasteiger charge is 2.14. The predicted octanol–water partition coefficient (Wildman–Crippen LogP) is 3.91. The molecule has 1 atom stereocenters. The Bertz CT molecular complexity index is 752. The number of fused-ring (bicyclic) bond motifs is 1. The first-order chi connectivity index (χ1) is 10.2. The number of nitrogens with one attached hydrogen (secondary N) is 1. The molecule has 21 heavy (non-hydrogen) atoms. The molecule has 1 aromatic carbocycles. The topological polar surface area (TPSA) is 38.6 Å². The Balaban J connectivity index is 1.78. The van der Waals surface area contributed by atoms with Crippen LogP contribution in [0.2, 0.25) is 5.02 Å². The minimum atomic E-state index is 0.192. The Kier molecular flexibility index (Phi) is 4.14. The van der Waals surface area contributed by atoms with E-state index in [-0.39, 0.29) is 6.04 Å².